The predicted octanol–water partition coefficient (Wildman–Crippen LogP) is 4.28. The van der Waals surface area contributed by atoms with E-state index in [1.807, 2.05) is 75.9 Å². The molecule has 2 heterocycles. The first-order valence-electron chi connectivity index (χ1n) is 12.9. The molecule has 1 aromatic heterocycles. The van der Waals surface area contributed by atoms with Gasteiger partial charge < -0.3 is 14.5 Å². The lowest BCUT2D eigenvalue weighted by Crippen LogP contribution is -2.56. The highest BCUT2D eigenvalue weighted by Gasteiger charge is 2.34. The number of thioether (sulfide) groups is 1. The number of para-hydroxylation sites is 1. The number of hydrogen-bond donors (Lipinski definition) is 0. The van der Waals surface area contributed by atoms with Gasteiger partial charge in [-0.2, -0.15) is 0 Å². The molecule has 1 saturated heterocycles. The molecule has 2 aliphatic rings. The smallest absolute Gasteiger partial charge is 0.233 e. The largest absolute Gasteiger partial charge is 0.497 e. The number of ether oxygens (including phenoxy) is 1. The monoisotopic (exact) mass is 519 g/mol. The highest BCUT2D eigenvalue weighted by molar-refractivity contribution is 7.99. The Hall–Kier alpha value is -3.33. The van der Waals surface area contributed by atoms with E-state index in [9.17, 15) is 9.59 Å². The molecule has 0 bridgehead atoms. The number of piperazine rings is 1. The number of benzene rings is 2. The summed E-state index contributed by atoms with van der Waals surface area (Å²) in [5.41, 5.74) is 1.80. The van der Waals surface area contributed by atoms with E-state index in [1.165, 1.54) is 11.8 Å². The van der Waals surface area contributed by atoms with Crippen LogP contribution in [0, 0.1) is 5.92 Å². The molecule has 9 heteroatoms. The average molecular weight is 520 g/mol. The van der Waals surface area contributed by atoms with E-state index in [4.69, 9.17) is 4.74 Å². The van der Waals surface area contributed by atoms with Crippen molar-refractivity contribution in [1.82, 2.24) is 24.6 Å². The Labute approximate surface area is 222 Å². The molecule has 2 amide bonds. The second-order valence-corrected chi connectivity index (χ2v) is 10.6. The number of rotatable bonds is 7. The molecule has 194 valence electrons. The third kappa shape index (κ3) is 5.51. The van der Waals surface area contributed by atoms with Crippen molar-refractivity contribution in [3.05, 3.63) is 54.6 Å². The first kappa shape index (κ1) is 25.3. The normalized spacial score (nSPS) is 18.3. The van der Waals surface area contributed by atoms with Gasteiger partial charge in [0.25, 0.3) is 0 Å². The van der Waals surface area contributed by atoms with Crippen molar-refractivity contribution in [2.24, 2.45) is 5.92 Å². The van der Waals surface area contributed by atoms with Crippen molar-refractivity contribution in [3.63, 3.8) is 0 Å². The zero-order chi connectivity index (χ0) is 25.8. The molecule has 1 unspecified atom stereocenters. The quantitative estimate of drug-likeness (QED) is 0.434. The van der Waals surface area contributed by atoms with E-state index >= 15 is 0 Å². The highest BCUT2D eigenvalue weighted by atomic mass is 32.2. The van der Waals surface area contributed by atoms with Gasteiger partial charge in [-0.05, 0) is 44.0 Å². The Bertz CT molecular complexity index is 1240. The zero-order valence-electron chi connectivity index (χ0n) is 21.4. The van der Waals surface area contributed by atoms with Crippen LogP contribution in [0.1, 0.15) is 32.6 Å². The summed E-state index contributed by atoms with van der Waals surface area (Å²) in [6, 6.07) is 17.7. The molecule has 2 fully saturated rings. The summed E-state index contributed by atoms with van der Waals surface area (Å²) in [5, 5.41) is 9.58. The summed E-state index contributed by atoms with van der Waals surface area (Å²) in [6.45, 7) is 3.79. The lowest BCUT2D eigenvalue weighted by atomic mass is 10.0. The van der Waals surface area contributed by atoms with Crippen LogP contribution in [0.5, 0.6) is 5.75 Å². The number of carbonyl (C=O) groups is 2. The molecular weight excluding hydrogens is 486 g/mol. The van der Waals surface area contributed by atoms with Crippen molar-refractivity contribution in [2.45, 2.75) is 43.8 Å². The Morgan fingerprint density at radius 3 is 2.54 bits per heavy atom. The maximum Gasteiger partial charge on any atom is 0.233 e. The van der Waals surface area contributed by atoms with Crippen LogP contribution in [0.4, 0.5) is 0 Å². The van der Waals surface area contributed by atoms with Crippen LogP contribution < -0.4 is 4.74 Å². The number of nitrogens with zero attached hydrogens (tertiary/aromatic N) is 5. The Balaban J connectivity index is 1.29. The number of hydrogen-bond acceptors (Lipinski definition) is 6. The molecule has 1 aliphatic heterocycles. The predicted molar refractivity (Wildman–Crippen MR) is 144 cm³/mol. The fraction of sp³-hybridized carbons (Fsp3) is 0.429. The fourth-order valence-corrected chi connectivity index (χ4v) is 6.11. The minimum absolute atomic E-state index is 0.0310. The van der Waals surface area contributed by atoms with Crippen LogP contribution in [0.2, 0.25) is 0 Å². The SMILES string of the molecule is COc1cccc(-c2nnc(SCC(=O)N3CCN(C(=O)C4CCCC4)C(C)C3)n2-c2ccccc2)c1. The molecule has 0 N–H and O–H groups in total. The van der Waals surface area contributed by atoms with Gasteiger partial charge >= 0.3 is 0 Å². The van der Waals surface area contributed by atoms with Crippen molar-refractivity contribution in [3.8, 4) is 22.8 Å². The van der Waals surface area contributed by atoms with Crippen molar-refractivity contribution in [2.75, 3.05) is 32.5 Å². The summed E-state index contributed by atoms with van der Waals surface area (Å²) in [5.74, 6) is 2.18. The third-order valence-electron chi connectivity index (χ3n) is 7.27. The summed E-state index contributed by atoms with van der Waals surface area (Å²) >= 11 is 1.38. The van der Waals surface area contributed by atoms with E-state index in [1.54, 1.807) is 7.11 Å². The summed E-state index contributed by atoms with van der Waals surface area (Å²) < 4.78 is 7.38. The van der Waals surface area contributed by atoms with E-state index in [-0.39, 0.29) is 29.5 Å². The summed E-state index contributed by atoms with van der Waals surface area (Å²) in [4.78, 5) is 30.0. The van der Waals surface area contributed by atoms with Crippen LogP contribution in [-0.4, -0.2) is 74.9 Å². The number of methoxy groups -OCH3 is 1. The van der Waals surface area contributed by atoms with Gasteiger partial charge in [0.1, 0.15) is 5.75 Å². The van der Waals surface area contributed by atoms with Crippen molar-refractivity contribution >= 4 is 23.6 Å². The van der Waals surface area contributed by atoms with Gasteiger partial charge in [-0.1, -0.05) is 54.9 Å². The first-order chi connectivity index (χ1) is 18.0. The number of amides is 2. The molecule has 1 atom stereocenters. The average Bonchev–Trinajstić information content (AvgIpc) is 3.62. The van der Waals surface area contributed by atoms with Gasteiger partial charge in [0.2, 0.25) is 11.8 Å². The summed E-state index contributed by atoms with van der Waals surface area (Å²) in [7, 11) is 1.64. The number of aromatic nitrogens is 3. The molecule has 3 aromatic rings. The van der Waals surface area contributed by atoms with Gasteiger partial charge in [-0.25, -0.2) is 0 Å². The Morgan fingerprint density at radius 1 is 1.03 bits per heavy atom. The second-order valence-electron chi connectivity index (χ2n) is 9.70. The fourth-order valence-electron chi connectivity index (χ4n) is 5.26. The van der Waals surface area contributed by atoms with Gasteiger partial charge in [-0.15, -0.1) is 10.2 Å². The second kappa shape index (κ2) is 11.4. The standard InChI is InChI=1S/C28H33N5O3S/c1-20-18-31(15-16-32(20)27(35)21-9-6-7-10-21)25(34)19-37-28-30-29-26(22-11-8-14-24(17-22)36-2)33(28)23-12-4-3-5-13-23/h3-5,8,11-14,17,20-21H,6-7,9-10,15-16,18-19H2,1-2H3. The van der Waals surface area contributed by atoms with E-state index in [0.29, 0.717) is 30.6 Å². The summed E-state index contributed by atoms with van der Waals surface area (Å²) in [6.07, 6.45) is 4.30. The van der Waals surface area contributed by atoms with Gasteiger partial charge in [0, 0.05) is 42.8 Å². The molecule has 2 aromatic carbocycles. The lowest BCUT2D eigenvalue weighted by Gasteiger charge is -2.41. The molecule has 1 saturated carbocycles. The van der Waals surface area contributed by atoms with Crippen LogP contribution in [0.3, 0.4) is 0 Å². The zero-order valence-corrected chi connectivity index (χ0v) is 22.2. The molecule has 0 radical (unpaired) electrons. The van der Waals surface area contributed by atoms with E-state index in [0.717, 1.165) is 42.7 Å². The Morgan fingerprint density at radius 2 is 1.81 bits per heavy atom. The van der Waals surface area contributed by atoms with Gasteiger partial charge in [0.05, 0.1) is 12.9 Å². The van der Waals surface area contributed by atoms with Crippen molar-refractivity contribution in [1.29, 1.82) is 0 Å². The molecule has 37 heavy (non-hydrogen) atoms. The van der Waals surface area contributed by atoms with Crippen molar-refractivity contribution < 1.29 is 14.3 Å². The molecule has 8 nitrogen and oxygen atoms in total. The van der Waals surface area contributed by atoms with Crippen LogP contribution in [-0.2, 0) is 9.59 Å². The Kier molecular flexibility index (Phi) is 7.79. The molecule has 1 aliphatic carbocycles. The van der Waals surface area contributed by atoms with E-state index < -0.39 is 0 Å². The van der Waals surface area contributed by atoms with Crippen LogP contribution in [0.25, 0.3) is 17.1 Å². The molecule has 5 rings (SSSR count). The molecular formula is C28H33N5O3S. The topological polar surface area (TPSA) is 80.6 Å². The maximum absolute atomic E-state index is 13.2. The highest BCUT2D eigenvalue weighted by Crippen LogP contribution is 2.31. The van der Waals surface area contributed by atoms with E-state index in [2.05, 4.69) is 10.2 Å². The molecule has 0 spiro atoms. The minimum Gasteiger partial charge on any atom is -0.497 e. The van der Waals surface area contributed by atoms with Gasteiger partial charge in [0.15, 0.2) is 11.0 Å². The van der Waals surface area contributed by atoms with Crippen LogP contribution >= 0.6 is 11.8 Å². The minimum atomic E-state index is 0.0310. The third-order valence-corrected chi connectivity index (χ3v) is 8.18. The first-order valence-corrected chi connectivity index (χ1v) is 13.9. The van der Waals surface area contributed by atoms with Crippen LogP contribution in [0.15, 0.2) is 59.8 Å². The van der Waals surface area contributed by atoms with Gasteiger partial charge in [-0.3, -0.25) is 14.2 Å². The number of carbonyl (C=O) groups excluding carboxylic acids is 2. The maximum atomic E-state index is 13.2. The lowest BCUT2D eigenvalue weighted by molar-refractivity contribution is -0.144.